The summed E-state index contributed by atoms with van der Waals surface area (Å²) in [7, 11) is -1.71. The van der Waals surface area contributed by atoms with Crippen LogP contribution in [0, 0.1) is 0 Å². The van der Waals surface area contributed by atoms with Crippen LogP contribution in [0.15, 0.2) is 57.2 Å². The molecule has 0 unspecified atom stereocenters. The summed E-state index contributed by atoms with van der Waals surface area (Å²) in [6.45, 7) is 0. The number of nitrogen functional groups attached to an aromatic ring is 1. The molecule has 6 heteroatoms. The Bertz CT molecular complexity index is 710. The molecule has 2 N–H and O–H groups in total. The number of benzene rings is 2. The molecule has 4 nitrogen and oxygen atoms in total. The second-order valence-electron chi connectivity index (χ2n) is 4.22. The second kappa shape index (κ2) is 5.76. The van der Waals surface area contributed by atoms with Crippen molar-refractivity contribution in [2.45, 2.75) is 14.7 Å². The van der Waals surface area contributed by atoms with Gasteiger partial charge < -0.3 is 10.5 Å². The van der Waals surface area contributed by atoms with Crippen molar-refractivity contribution in [2.24, 2.45) is 0 Å². The number of hydrogen-bond acceptors (Lipinski definition) is 5. The zero-order valence-corrected chi connectivity index (χ0v) is 12.8. The average Bonchev–Trinajstić information content (AvgIpc) is 2.40. The van der Waals surface area contributed by atoms with Gasteiger partial charge in [-0.2, -0.15) is 0 Å². The summed E-state index contributed by atoms with van der Waals surface area (Å²) in [4.78, 5) is 1.84. The Morgan fingerprint density at radius 2 is 1.75 bits per heavy atom. The number of ether oxygens (including phenoxy) is 1. The first-order valence-corrected chi connectivity index (χ1v) is 8.53. The van der Waals surface area contributed by atoms with Crippen molar-refractivity contribution >= 4 is 27.3 Å². The smallest absolute Gasteiger partial charge is 0.177 e. The first-order chi connectivity index (χ1) is 9.41. The normalized spacial score (nSPS) is 11.3. The quantitative estimate of drug-likeness (QED) is 0.880. The van der Waals surface area contributed by atoms with Gasteiger partial charge in [-0.3, -0.25) is 0 Å². The van der Waals surface area contributed by atoms with Crippen LogP contribution in [0.1, 0.15) is 0 Å². The number of nitrogens with two attached hydrogens (primary N) is 1. The first-order valence-electron chi connectivity index (χ1n) is 5.82. The fraction of sp³-hybridized carbons (Fsp3) is 0.143. The van der Waals surface area contributed by atoms with Gasteiger partial charge in [-0.15, -0.1) is 0 Å². The van der Waals surface area contributed by atoms with Gasteiger partial charge in [0.25, 0.3) is 0 Å². The van der Waals surface area contributed by atoms with Crippen molar-refractivity contribution in [1.82, 2.24) is 0 Å². The largest absolute Gasteiger partial charge is 0.497 e. The lowest BCUT2D eigenvalue weighted by Gasteiger charge is -2.09. The van der Waals surface area contributed by atoms with Crippen molar-refractivity contribution in [2.75, 3.05) is 19.1 Å². The van der Waals surface area contributed by atoms with Crippen molar-refractivity contribution in [3.8, 4) is 5.75 Å². The molecule has 0 radical (unpaired) electrons. The number of hydrogen-bond donors (Lipinski definition) is 1. The maximum Gasteiger partial charge on any atom is 0.177 e. The maximum absolute atomic E-state index is 11.6. The van der Waals surface area contributed by atoms with Crippen LogP contribution in [0.4, 0.5) is 5.69 Å². The molecule has 0 fully saturated rings. The third-order valence-corrected chi connectivity index (χ3v) is 4.95. The lowest BCUT2D eigenvalue weighted by Crippen LogP contribution is -2.03. The van der Waals surface area contributed by atoms with Crippen LogP contribution in [-0.4, -0.2) is 21.8 Å². The molecule has 0 aliphatic rings. The van der Waals surface area contributed by atoms with Crippen LogP contribution in [0.2, 0.25) is 0 Å². The Labute approximate surface area is 122 Å². The van der Waals surface area contributed by atoms with Crippen LogP contribution in [0.3, 0.4) is 0 Å². The molecule has 2 aromatic rings. The zero-order chi connectivity index (χ0) is 14.8. The predicted molar refractivity (Wildman–Crippen MR) is 81.1 cm³/mol. The molecule has 0 amide bonds. The lowest BCUT2D eigenvalue weighted by atomic mass is 10.3. The fourth-order valence-corrected chi connectivity index (χ4v) is 3.50. The fourth-order valence-electron chi connectivity index (χ4n) is 1.71. The van der Waals surface area contributed by atoms with E-state index in [0.29, 0.717) is 0 Å². The number of anilines is 1. The Hall–Kier alpha value is -1.66. The first kappa shape index (κ1) is 14.7. The van der Waals surface area contributed by atoms with E-state index in [4.69, 9.17) is 10.5 Å². The van der Waals surface area contributed by atoms with Gasteiger partial charge >= 0.3 is 0 Å². The third kappa shape index (κ3) is 3.26. The topological polar surface area (TPSA) is 69.4 Å². The van der Waals surface area contributed by atoms with Gasteiger partial charge in [0.05, 0.1) is 17.7 Å². The molecule has 2 aromatic carbocycles. The Kier molecular flexibility index (Phi) is 4.25. The number of rotatable bonds is 4. The molecule has 0 aliphatic heterocycles. The van der Waals surface area contributed by atoms with Crippen LogP contribution in [0.25, 0.3) is 0 Å². The minimum atomic E-state index is -3.32. The minimum absolute atomic E-state index is 0.163. The van der Waals surface area contributed by atoms with E-state index in [1.165, 1.54) is 17.8 Å². The highest BCUT2D eigenvalue weighted by Gasteiger charge is 2.14. The standard InChI is InChI=1S/C14H15NO3S2/c1-18-10-6-8-11(9-7-10)19-12-4-3-5-13(14(12)15)20(2,16)17/h3-9H,15H2,1-2H3. The molecular weight excluding hydrogens is 294 g/mol. The lowest BCUT2D eigenvalue weighted by molar-refractivity contribution is 0.414. The highest BCUT2D eigenvalue weighted by Crippen LogP contribution is 2.35. The van der Waals surface area contributed by atoms with Crippen molar-refractivity contribution < 1.29 is 13.2 Å². The van der Waals surface area contributed by atoms with E-state index in [1.54, 1.807) is 19.2 Å². The molecule has 0 spiro atoms. The zero-order valence-electron chi connectivity index (χ0n) is 11.2. The Morgan fingerprint density at radius 3 is 2.30 bits per heavy atom. The van der Waals surface area contributed by atoms with E-state index < -0.39 is 9.84 Å². The molecule has 0 aromatic heterocycles. The summed E-state index contributed by atoms with van der Waals surface area (Å²) in [6.07, 6.45) is 1.15. The summed E-state index contributed by atoms with van der Waals surface area (Å²) in [6, 6.07) is 12.5. The summed E-state index contributed by atoms with van der Waals surface area (Å²) in [5.41, 5.74) is 6.24. The number of para-hydroxylation sites is 1. The number of methoxy groups -OCH3 is 1. The van der Waals surface area contributed by atoms with Gasteiger partial charge in [0.15, 0.2) is 9.84 Å². The molecule has 0 aliphatic carbocycles. The average molecular weight is 309 g/mol. The predicted octanol–water partition coefficient (Wildman–Crippen LogP) is 2.83. The highest BCUT2D eigenvalue weighted by atomic mass is 32.2. The van der Waals surface area contributed by atoms with Gasteiger partial charge in [-0.05, 0) is 36.4 Å². The molecule has 0 saturated heterocycles. The molecule has 0 saturated carbocycles. The van der Waals surface area contributed by atoms with Crippen LogP contribution >= 0.6 is 11.8 Å². The van der Waals surface area contributed by atoms with E-state index in [2.05, 4.69) is 0 Å². The van der Waals surface area contributed by atoms with Gasteiger partial charge in [0.1, 0.15) is 5.75 Å². The van der Waals surface area contributed by atoms with Crippen LogP contribution in [0.5, 0.6) is 5.75 Å². The molecule has 2 rings (SSSR count). The molecular formula is C14H15NO3S2. The van der Waals surface area contributed by atoms with Gasteiger partial charge in [0, 0.05) is 16.0 Å². The van der Waals surface area contributed by atoms with Gasteiger partial charge in [-0.1, -0.05) is 17.8 Å². The van der Waals surface area contributed by atoms with Crippen molar-refractivity contribution in [3.63, 3.8) is 0 Å². The molecule has 20 heavy (non-hydrogen) atoms. The summed E-state index contributed by atoms with van der Waals surface area (Å²) < 4.78 is 28.4. The Balaban J connectivity index is 2.34. The highest BCUT2D eigenvalue weighted by molar-refractivity contribution is 7.99. The van der Waals surface area contributed by atoms with Gasteiger partial charge in [-0.25, -0.2) is 8.42 Å². The Morgan fingerprint density at radius 1 is 1.10 bits per heavy atom. The van der Waals surface area contributed by atoms with E-state index in [-0.39, 0.29) is 10.6 Å². The van der Waals surface area contributed by atoms with E-state index >= 15 is 0 Å². The van der Waals surface area contributed by atoms with E-state index in [9.17, 15) is 8.42 Å². The molecule has 0 atom stereocenters. The van der Waals surface area contributed by atoms with Crippen molar-refractivity contribution in [3.05, 3.63) is 42.5 Å². The molecule has 106 valence electrons. The molecule has 0 bridgehead atoms. The molecule has 0 heterocycles. The van der Waals surface area contributed by atoms with Gasteiger partial charge in [0.2, 0.25) is 0 Å². The second-order valence-corrected chi connectivity index (χ2v) is 7.32. The minimum Gasteiger partial charge on any atom is -0.497 e. The third-order valence-electron chi connectivity index (χ3n) is 2.71. The van der Waals surface area contributed by atoms with Crippen LogP contribution in [-0.2, 0) is 9.84 Å². The number of sulfone groups is 1. The summed E-state index contributed by atoms with van der Waals surface area (Å²) in [5.74, 6) is 0.771. The van der Waals surface area contributed by atoms with Crippen LogP contribution < -0.4 is 10.5 Å². The summed E-state index contributed by atoms with van der Waals surface area (Å²) in [5, 5.41) is 0. The van der Waals surface area contributed by atoms with E-state index in [1.807, 2.05) is 24.3 Å². The monoisotopic (exact) mass is 309 g/mol. The summed E-state index contributed by atoms with van der Waals surface area (Å²) >= 11 is 1.42. The van der Waals surface area contributed by atoms with E-state index in [0.717, 1.165) is 21.8 Å². The maximum atomic E-state index is 11.6. The van der Waals surface area contributed by atoms with Crippen molar-refractivity contribution in [1.29, 1.82) is 0 Å². The SMILES string of the molecule is COc1ccc(Sc2cccc(S(C)(=O)=O)c2N)cc1.